The van der Waals surface area contributed by atoms with Gasteiger partial charge >= 0.3 is 12.1 Å². The SMILES string of the molecule is O=C(NCC1CCCN(C(=O)NC[C@H]2CCCN2c2ccccc2)C1)Nc1cccc(F)c1. The summed E-state index contributed by atoms with van der Waals surface area (Å²) in [5, 5.41) is 8.61. The van der Waals surface area contributed by atoms with E-state index in [1.165, 1.54) is 17.8 Å². The number of urea groups is 2. The van der Waals surface area contributed by atoms with Gasteiger partial charge < -0.3 is 25.8 Å². The number of carbonyl (C=O) groups excluding carboxylic acids is 2. The molecule has 2 heterocycles. The van der Waals surface area contributed by atoms with Gasteiger partial charge in [0.2, 0.25) is 0 Å². The Bertz CT molecular complexity index is 941. The molecule has 0 saturated carbocycles. The van der Waals surface area contributed by atoms with Crippen LogP contribution in [0.25, 0.3) is 0 Å². The van der Waals surface area contributed by atoms with Gasteiger partial charge in [-0.3, -0.25) is 0 Å². The van der Waals surface area contributed by atoms with Gasteiger partial charge in [-0.2, -0.15) is 0 Å². The zero-order valence-electron chi connectivity index (χ0n) is 18.8. The van der Waals surface area contributed by atoms with Crippen LogP contribution in [-0.4, -0.2) is 55.7 Å². The topological polar surface area (TPSA) is 76.7 Å². The number of nitrogens with zero attached hydrogens (tertiary/aromatic N) is 2. The van der Waals surface area contributed by atoms with E-state index < -0.39 is 5.82 Å². The van der Waals surface area contributed by atoms with Gasteiger partial charge in [0.15, 0.2) is 0 Å². The van der Waals surface area contributed by atoms with Gasteiger partial charge in [0.1, 0.15) is 5.82 Å². The Hall–Kier alpha value is -3.29. The smallest absolute Gasteiger partial charge is 0.319 e. The molecule has 33 heavy (non-hydrogen) atoms. The fraction of sp³-hybridized carbons (Fsp3) is 0.440. The maximum Gasteiger partial charge on any atom is 0.319 e. The number of piperidine rings is 1. The van der Waals surface area contributed by atoms with Crippen molar-refractivity contribution in [3.63, 3.8) is 0 Å². The van der Waals surface area contributed by atoms with Crippen molar-refractivity contribution in [1.82, 2.24) is 15.5 Å². The molecule has 0 aromatic heterocycles. The first-order chi connectivity index (χ1) is 16.1. The number of carbonyl (C=O) groups is 2. The van der Waals surface area contributed by atoms with Crippen LogP contribution < -0.4 is 20.9 Å². The molecule has 7 nitrogen and oxygen atoms in total. The minimum absolute atomic E-state index is 0.0381. The monoisotopic (exact) mass is 453 g/mol. The molecule has 2 aromatic carbocycles. The lowest BCUT2D eigenvalue weighted by Crippen LogP contribution is -2.50. The molecule has 4 amide bonds. The Morgan fingerprint density at radius 3 is 2.58 bits per heavy atom. The highest BCUT2D eigenvalue weighted by Gasteiger charge is 2.27. The van der Waals surface area contributed by atoms with Crippen molar-refractivity contribution in [3.05, 3.63) is 60.4 Å². The highest BCUT2D eigenvalue weighted by atomic mass is 19.1. The molecule has 3 N–H and O–H groups in total. The second-order valence-corrected chi connectivity index (χ2v) is 8.81. The third kappa shape index (κ3) is 6.37. The third-order valence-electron chi connectivity index (χ3n) is 6.39. The predicted molar refractivity (Wildman–Crippen MR) is 128 cm³/mol. The molecule has 2 saturated heterocycles. The summed E-state index contributed by atoms with van der Waals surface area (Å²) in [5.41, 5.74) is 1.61. The fourth-order valence-corrected chi connectivity index (χ4v) is 4.72. The summed E-state index contributed by atoms with van der Waals surface area (Å²) in [6, 6.07) is 16.0. The normalized spacial score (nSPS) is 20.4. The molecule has 2 aromatic rings. The average Bonchev–Trinajstić information content (AvgIpc) is 3.31. The van der Waals surface area contributed by atoms with E-state index in [4.69, 9.17) is 0 Å². The number of nitrogens with one attached hydrogen (secondary N) is 3. The van der Waals surface area contributed by atoms with E-state index in [9.17, 15) is 14.0 Å². The van der Waals surface area contributed by atoms with Crippen molar-refractivity contribution in [2.24, 2.45) is 5.92 Å². The second-order valence-electron chi connectivity index (χ2n) is 8.81. The number of hydrogen-bond acceptors (Lipinski definition) is 3. The second kappa shape index (κ2) is 11.0. The number of benzene rings is 2. The van der Waals surface area contributed by atoms with Gasteiger partial charge in [-0.1, -0.05) is 24.3 Å². The molecule has 2 fully saturated rings. The summed E-state index contributed by atoms with van der Waals surface area (Å²) in [5.74, 6) is -0.207. The third-order valence-corrected chi connectivity index (χ3v) is 6.39. The minimum Gasteiger partial charge on any atom is -0.367 e. The first-order valence-corrected chi connectivity index (χ1v) is 11.7. The number of anilines is 2. The Kier molecular flexibility index (Phi) is 7.65. The number of likely N-dealkylation sites (tertiary alicyclic amines) is 1. The van der Waals surface area contributed by atoms with Crippen molar-refractivity contribution < 1.29 is 14.0 Å². The van der Waals surface area contributed by atoms with E-state index in [1.807, 2.05) is 23.1 Å². The van der Waals surface area contributed by atoms with Crippen molar-refractivity contribution in [2.45, 2.75) is 31.7 Å². The maximum atomic E-state index is 13.3. The zero-order chi connectivity index (χ0) is 23.0. The van der Waals surface area contributed by atoms with Gasteiger partial charge in [-0.25, -0.2) is 14.0 Å². The molecule has 0 spiro atoms. The number of halogens is 1. The lowest BCUT2D eigenvalue weighted by molar-refractivity contribution is 0.164. The summed E-state index contributed by atoms with van der Waals surface area (Å²) < 4.78 is 13.3. The van der Waals surface area contributed by atoms with Crippen LogP contribution in [0.2, 0.25) is 0 Å². The molecule has 2 atom stereocenters. The first-order valence-electron chi connectivity index (χ1n) is 11.7. The highest BCUT2D eigenvalue weighted by Crippen LogP contribution is 2.25. The van der Waals surface area contributed by atoms with Crippen LogP contribution >= 0.6 is 0 Å². The summed E-state index contributed by atoms with van der Waals surface area (Å²) in [6.07, 6.45) is 4.06. The van der Waals surface area contributed by atoms with E-state index in [0.29, 0.717) is 31.4 Å². The Labute approximate surface area is 194 Å². The molecular formula is C25H32FN5O2. The van der Waals surface area contributed by atoms with E-state index in [1.54, 1.807) is 12.1 Å². The summed E-state index contributed by atoms with van der Waals surface area (Å²) in [7, 11) is 0. The quantitative estimate of drug-likeness (QED) is 0.618. The van der Waals surface area contributed by atoms with Gasteiger partial charge in [0.05, 0.1) is 0 Å². The highest BCUT2D eigenvalue weighted by molar-refractivity contribution is 5.89. The number of rotatable bonds is 6. The molecule has 2 aliphatic heterocycles. The molecule has 0 bridgehead atoms. The van der Waals surface area contributed by atoms with Crippen molar-refractivity contribution in [2.75, 3.05) is 42.9 Å². The van der Waals surface area contributed by atoms with E-state index >= 15 is 0 Å². The predicted octanol–water partition coefficient (Wildman–Crippen LogP) is 4.04. The fourth-order valence-electron chi connectivity index (χ4n) is 4.72. The Morgan fingerprint density at radius 1 is 0.939 bits per heavy atom. The molecule has 1 unspecified atom stereocenters. The van der Waals surface area contributed by atoms with Crippen LogP contribution in [0.5, 0.6) is 0 Å². The average molecular weight is 454 g/mol. The lowest BCUT2D eigenvalue weighted by Gasteiger charge is -2.34. The van der Waals surface area contributed by atoms with Crippen LogP contribution in [0.1, 0.15) is 25.7 Å². The number of hydrogen-bond donors (Lipinski definition) is 3. The number of amides is 4. The standard InChI is InChI=1S/C25H32FN5O2/c26-20-8-4-9-21(15-20)29-24(32)27-16-19-7-5-13-30(18-19)25(33)28-17-23-12-6-14-31(23)22-10-2-1-3-11-22/h1-4,8-11,15,19,23H,5-7,12-14,16-18H2,(H,28,33)(H2,27,29,32)/t19?,23-/m1/s1. The van der Waals surface area contributed by atoms with Crippen LogP contribution in [-0.2, 0) is 0 Å². The summed E-state index contributed by atoms with van der Waals surface area (Å²) >= 11 is 0. The Morgan fingerprint density at radius 2 is 1.76 bits per heavy atom. The van der Waals surface area contributed by atoms with Crippen molar-refractivity contribution in [1.29, 1.82) is 0 Å². The van der Waals surface area contributed by atoms with Crippen LogP contribution in [0, 0.1) is 11.7 Å². The van der Waals surface area contributed by atoms with Gasteiger partial charge in [0, 0.05) is 50.1 Å². The number of para-hydroxylation sites is 1. The van der Waals surface area contributed by atoms with Crippen molar-refractivity contribution in [3.8, 4) is 0 Å². The maximum absolute atomic E-state index is 13.3. The van der Waals surface area contributed by atoms with Gasteiger partial charge in [0.25, 0.3) is 0 Å². The van der Waals surface area contributed by atoms with Gasteiger partial charge in [-0.05, 0) is 61.9 Å². The van der Waals surface area contributed by atoms with Crippen molar-refractivity contribution >= 4 is 23.4 Å². The molecule has 0 aliphatic carbocycles. The van der Waals surface area contributed by atoms with E-state index in [-0.39, 0.29) is 18.0 Å². The molecule has 8 heteroatoms. The lowest BCUT2D eigenvalue weighted by atomic mass is 9.98. The Balaban J connectivity index is 1.21. The molecule has 2 aliphatic rings. The molecule has 176 valence electrons. The summed E-state index contributed by atoms with van der Waals surface area (Å²) in [6.45, 7) is 3.45. The van der Waals surface area contributed by atoms with Gasteiger partial charge in [-0.15, -0.1) is 0 Å². The van der Waals surface area contributed by atoms with Crippen LogP contribution in [0.15, 0.2) is 54.6 Å². The summed E-state index contributed by atoms with van der Waals surface area (Å²) in [4.78, 5) is 29.2. The van der Waals surface area contributed by atoms with E-state index in [2.05, 4.69) is 33.0 Å². The minimum atomic E-state index is -0.397. The van der Waals surface area contributed by atoms with E-state index in [0.717, 1.165) is 38.8 Å². The largest absolute Gasteiger partial charge is 0.367 e. The molecule has 0 radical (unpaired) electrons. The van der Waals surface area contributed by atoms with Crippen LogP contribution in [0.4, 0.5) is 25.4 Å². The van der Waals surface area contributed by atoms with Crippen LogP contribution in [0.3, 0.4) is 0 Å². The first kappa shape index (κ1) is 22.9. The molecular weight excluding hydrogens is 421 g/mol. The molecule has 4 rings (SSSR count). The zero-order valence-corrected chi connectivity index (χ0v) is 18.8.